The highest BCUT2D eigenvalue weighted by Crippen LogP contribution is 2.31. The fourth-order valence-electron chi connectivity index (χ4n) is 1.49. The summed E-state index contributed by atoms with van der Waals surface area (Å²) in [4.78, 5) is 5.17. The van der Waals surface area contributed by atoms with Crippen molar-refractivity contribution >= 4 is 11.8 Å². The second-order valence-corrected chi connectivity index (χ2v) is 4.80. The number of nitrogens with two attached hydrogens (primary N) is 1. The van der Waals surface area contributed by atoms with Gasteiger partial charge in [0.25, 0.3) is 0 Å². The van der Waals surface area contributed by atoms with E-state index in [1.54, 1.807) is 12.3 Å². The summed E-state index contributed by atoms with van der Waals surface area (Å²) in [5.74, 6) is -0.261. The molecule has 1 atom stereocenters. The van der Waals surface area contributed by atoms with Crippen LogP contribution in [0.2, 0.25) is 0 Å². The molecule has 2 aromatic rings. The molecule has 0 aliphatic carbocycles. The van der Waals surface area contributed by atoms with Crippen LogP contribution in [-0.4, -0.2) is 4.98 Å². The maximum absolute atomic E-state index is 13.2. The largest absolute Gasteiger partial charge is 0.324 e. The number of nitrogens with zero attached hydrogens (tertiary/aromatic N) is 1. The van der Waals surface area contributed by atoms with Gasteiger partial charge in [-0.3, -0.25) is 0 Å². The van der Waals surface area contributed by atoms with Gasteiger partial charge in [-0.1, -0.05) is 17.8 Å². The Hall–Kier alpha value is -1.39. The second kappa shape index (κ2) is 5.29. The lowest BCUT2D eigenvalue weighted by atomic mass is 10.1. The molecule has 2 N–H and O–H groups in total. The molecule has 0 saturated carbocycles. The molecular weight excluding hydrogens is 235 g/mol. The van der Waals surface area contributed by atoms with Gasteiger partial charge < -0.3 is 5.73 Å². The van der Waals surface area contributed by atoms with Crippen molar-refractivity contribution in [2.45, 2.75) is 22.9 Å². The summed E-state index contributed by atoms with van der Waals surface area (Å²) in [7, 11) is 0. The number of hydrogen-bond donors (Lipinski definition) is 1. The van der Waals surface area contributed by atoms with Crippen molar-refractivity contribution in [2.75, 3.05) is 0 Å². The van der Waals surface area contributed by atoms with Crippen LogP contribution in [0.25, 0.3) is 0 Å². The van der Waals surface area contributed by atoms with Crippen LogP contribution in [0.4, 0.5) is 4.39 Å². The SMILES string of the molecule is C[C@H](N)c1cc(F)ccc1Sc1ccccn1. The van der Waals surface area contributed by atoms with Crippen LogP contribution in [0, 0.1) is 5.82 Å². The van der Waals surface area contributed by atoms with Gasteiger partial charge in [-0.25, -0.2) is 9.37 Å². The maximum atomic E-state index is 13.2. The Morgan fingerprint density at radius 1 is 1.29 bits per heavy atom. The summed E-state index contributed by atoms with van der Waals surface area (Å²) in [6.07, 6.45) is 1.73. The lowest BCUT2D eigenvalue weighted by molar-refractivity contribution is 0.619. The van der Waals surface area contributed by atoms with Crippen molar-refractivity contribution in [1.29, 1.82) is 0 Å². The first kappa shape index (κ1) is 12.1. The minimum Gasteiger partial charge on any atom is -0.324 e. The molecular formula is C13H13FN2S. The molecule has 0 unspecified atom stereocenters. The molecule has 1 aromatic carbocycles. The highest BCUT2D eigenvalue weighted by molar-refractivity contribution is 7.99. The quantitative estimate of drug-likeness (QED) is 0.905. The number of hydrogen-bond acceptors (Lipinski definition) is 3. The molecule has 0 amide bonds. The Kier molecular flexibility index (Phi) is 3.76. The van der Waals surface area contributed by atoms with E-state index in [-0.39, 0.29) is 11.9 Å². The molecule has 1 aromatic heterocycles. The minimum absolute atomic E-state index is 0.197. The maximum Gasteiger partial charge on any atom is 0.123 e. The number of rotatable bonds is 3. The Bertz CT molecular complexity index is 500. The highest BCUT2D eigenvalue weighted by Gasteiger charge is 2.10. The van der Waals surface area contributed by atoms with Crippen molar-refractivity contribution in [3.63, 3.8) is 0 Å². The topological polar surface area (TPSA) is 38.9 Å². The van der Waals surface area contributed by atoms with Crippen LogP contribution in [-0.2, 0) is 0 Å². The van der Waals surface area contributed by atoms with E-state index >= 15 is 0 Å². The average Bonchev–Trinajstić information content (AvgIpc) is 2.32. The molecule has 4 heteroatoms. The third-order valence-corrected chi connectivity index (χ3v) is 3.36. The molecule has 2 rings (SSSR count). The van der Waals surface area contributed by atoms with E-state index in [4.69, 9.17) is 5.73 Å². The summed E-state index contributed by atoms with van der Waals surface area (Å²) in [6.45, 7) is 1.84. The predicted molar refractivity (Wildman–Crippen MR) is 67.4 cm³/mol. The van der Waals surface area contributed by atoms with Crippen molar-refractivity contribution in [2.24, 2.45) is 5.73 Å². The summed E-state index contributed by atoms with van der Waals surface area (Å²) in [5.41, 5.74) is 6.64. The van der Waals surface area contributed by atoms with Gasteiger partial charge in [-0.05, 0) is 42.8 Å². The third kappa shape index (κ3) is 3.05. The van der Waals surface area contributed by atoms with E-state index in [0.717, 1.165) is 15.5 Å². The van der Waals surface area contributed by atoms with E-state index in [9.17, 15) is 4.39 Å². The molecule has 0 spiro atoms. The molecule has 2 nitrogen and oxygen atoms in total. The van der Waals surface area contributed by atoms with Gasteiger partial charge in [0.15, 0.2) is 0 Å². The smallest absolute Gasteiger partial charge is 0.123 e. The molecule has 0 saturated heterocycles. The molecule has 0 radical (unpaired) electrons. The first-order valence-corrected chi connectivity index (χ1v) is 6.12. The number of benzene rings is 1. The Balaban J connectivity index is 2.33. The summed E-state index contributed by atoms with van der Waals surface area (Å²) in [6, 6.07) is 10.2. The van der Waals surface area contributed by atoms with Crippen LogP contribution in [0.1, 0.15) is 18.5 Å². The van der Waals surface area contributed by atoms with Crippen molar-refractivity contribution < 1.29 is 4.39 Å². The van der Waals surface area contributed by atoms with E-state index in [1.807, 2.05) is 25.1 Å². The van der Waals surface area contributed by atoms with Gasteiger partial charge in [0.05, 0.1) is 0 Å². The summed E-state index contributed by atoms with van der Waals surface area (Å²) in [5, 5.41) is 0.876. The normalized spacial score (nSPS) is 12.4. The highest BCUT2D eigenvalue weighted by atomic mass is 32.2. The zero-order valence-electron chi connectivity index (χ0n) is 9.43. The lowest BCUT2D eigenvalue weighted by Gasteiger charge is -2.11. The Labute approximate surface area is 104 Å². The second-order valence-electron chi connectivity index (χ2n) is 3.74. The number of aromatic nitrogens is 1. The number of halogens is 1. The fraction of sp³-hybridized carbons (Fsp3) is 0.154. The van der Waals surface area contributed by atoms with Crippen LogP contribution in [0.15, 0.2) is 52.5 Å². The van der Waals surface area contributed by atoms with Crippen molar-refractivity contribution in [3.8, 4) is 0 Å². The fourth-order valence-corrected chi connectivity index (χ4v) is 2.47. The Morgan fingerprint density at radius 3 is 2.76 bits per heavy atom. The molecule has 0 bridgehead atoms. The van der Waals surface area contributed by atoms with Crippen LogP contribution in [0.3, 0.4) is 0 Å². The number of pyridine rings is 1. The van der Waals surface area contributed by atoms with Gasteiger partial charge in [0.1, 0.15) is 10.8 Å². The van der Waals surface area contributed by atoms with Crippen LogP contribution in [0.5, 0.6) is 0 Å². The Morgan fingerprint density at radius 2 is 2.12 bits per heavy atom. The van der Waals surface area contributed by atoms with E-state index in [1.165, 1.54) is 23.9 Å². The van der Waals surface area contributed by atoms with Gasteiger partial charge in [-0.2, -0.15) is 0 Å². The van der Waals surface area contributed by atoms with E-state index in [2.05, 4.69) is 4.98 Å². The van der Waals surface area contributed by atoms with Gasteiger partial charge >= 0.3 is 0 Å². The van der Waals surface area contributed by atoms with Gasteiger partial charge in [-0.15, -0.1) is 0 Å². The monoisotopic (exact) mass is 248 g/mol. The van der Waals surface area contributed by atoms with Gasteiger partial charge in [0.2, 0.25) is 0 Å². The zero-order valence-corrected chi connectivity index (χ0v) is 10.2. The lowest BCUT2D eigenvalue weighted by Crippen LogP contribution is -2.06. The summed E-state index contributed by atoms with van der Waals surface area (Å²) < 4.78 is 13.2. The molecule has 0 aliphatic rings. The molecule has 0 fully saturated rings. The molecule has 1 heterocycles. The van der Waals surface area contributed by atoms with Crippen molar-refractivity contribution in [3.05, 3.63) is 54.0 Å². The first-order chi connectivity index (χ1) is 8.16. The molecule has 0 aliphatic heterocycles. The zero-order chi connectivity index (χ0) is 12.3. The standard InChI is InChI=1S/C13H13FN2S/c1-9(15)11-8-10(14)5-6-12(11)17-13-4-2-3-7-16-13/h2-9H,15H2,1H3/t9-/m0/s1. The van der Waals surface area contributed by atoms with E-state index in [0.29, 0.717) is 0 Å². The van der Waals surface area contributed by atoms with Crippen molar-refractivity contribution in [1.82, 2.24) is 4.98 Å². The molecule has 17 heavy (non-hydrogen) atoms. The van der Waals surface area contributed by atoms with E-state index < -0.39 is 0 Å². The minimum atomic E-state index is -0.261. The van der Waals surface area contributed by atoms with Crippen LogP contribution < -0.4 is 5.73 Å². The predicted octanol–water partition coefficient (Wildman–Crippen LogP) is 3.39. The molecule has 88 valence electrons. The summed E-state index contributed by atoms with van der Waals surface area (Å²) >= 11 is 1.49. The third-order valence-electron chi connectivity index (χ3n) is 2.31. The average molecular weight is 248 g/mol. The van der Waals surface area contributed by atoms with Gasteiger partial charge in [0, 0.05) is 17.1 Å². The van der Waals surface area contributed by atoms with Crippen LogP contribution >= 0.6 is 11.8 Å². The first-order valence-electron chi connectivity index (χ1n) is 5.31.